The van der Waals surface area contributed by atoms with E-state index in [1.807, 2.05) is 12.1 Å². The van der Waals surface area contributed by atoms with E-state index in [1.165, 1.54) is 12.1 Å². The van der Waals surface area contributed by atoms with Gasteiger partial charge in [-0.25, -0.2) is 4.58 Å². The van der Waals surface area contributed by atoms with E-state index >= 15 is 0 Å². The summed E-state index contributed by atoms with van der Waals surface area (Å²) in [5.74, 6) is -0.257. The molecule has 3 N–H and O–H groups in total. The van der Waals surface area contributed by atoms with Crippen molar-refractivity contribution in [3.63, 3.8) is 0 Å². The van der Waals surface area contributed by atoms with Gasteiger partial charge in [-0.05, 0) is 49.2 Å². The molecular formula is C18H23NO7S2. The summed E-state index contributed by atoms with van der Waals surface area (Å²) >= 11 is 0. The Hall–Kier alpha value is -1.85. The van der Waals surface area contributed by atoms with Crippen molar-refractivity contribution in [3.8, 4) is 0 Å². The Labute approximate surface area is 164 Å². The van der Waals surface area contributed by atoms with Gasteiger partial charge in [-0.1, -0.05) is 6.07 Å². The molecule has 0 bridgehead atoms. The molecule has 0 spiro atoms. The predicted octanol–water partition coefficient (Wildman–Crippen LogP) is 2.58. The standard InChI is InChI=1S/C18H21NO6S2.H2O/c1-18(2)12-19(9-3-4-10-26(20,21)22)16-8-5-13-11-14(27(23,24)25)6-7-15(13)17(16)18;/h5-8,11-12H,3-4,9-10H2,1-2H3,(H-,20,21,22,23,24,25);1H2. The van der Waals surface area contributed by atoms with Crippen LogP contribution in [0, 0.1) is 0 Å². The van der Waals surface area contributed by atoms with E-state index in [0.29, 0.717) is 19.4 Å². The highest BCUT2D eigenvalue weighted by Gasteiger charge is 2.38. The van der Waals surface area contributed by atoms with Crippen LogP contribution in [0.1, 0.15) is 32.3 Å². The first-order chi connectivity index (χ1) is 12.4. The van der Waals surface area contributed by atoms with E-state index in [2.05, 4.69) is 24.6 Å². The molecule has 0 saturated heterocycles. The molecule has 0 amide bonds. The molecule has 1 aliphatic rings. The quantitative estimate of drug-likeness (QED) is 0.408. The molecule has 154 valence electrons. The van der Waals surface area contributed by atoms with Crippen molar-refractivity contribution in [2.45, 2.75) is 37.0 Å². The molecule has 0 atom stereocenters. The molecule has 0 fully saturated rings. The molecule has 0 aliphatic carbocycles. The summed E-state index contributed by atoms with van der Waals surface area (Å²) in [6.45, 7) is 4.72. The zero-order valence-electron chi connectivity index (χ0n) is 15.5. The van der Waals surface area contributed by atoms with Crippen molar-refractivity contribution in [2.75, 3.05) is 12.3 Å². The predicted molar refractivity (Wildman–Crippen MR) is 105 cm³/mol. The van der Waals surface area contributed by atoms with Gasteiger partial charge in [0.2, 0.25) is 5.69 Å². The van der Waals surface area contributed by atoms with Gasteiger partial charge < -0.3 is 5.48 Å². The molecule has 1 aliphatic heterocycles. The number of hydrogen-bond donors (Lipinski definition) is 2. The highest BCUT2D eigenvalue weighted by molar-refractivity contribution is 7.86. The summed E-state index contributed by atoms with van der Waals surface area (Å²) in [4.78, 5) is -0.142. The van der Waals surface area contributed by atoms with Crippen LogP contribution in [0.2, 0.25) is 0 Å². The SMILES string of the molecule is CC1(C)C=[N+](CCCCS(=O)(=O)O)c2ccc3cc(S(=O)(=O)O)ccc3c21.[OH-]. The van der Waals surface area contributed by atoms with E-state index < -0.39 is 20.2 Å². The van der Waals surface area contributed by atoms with Crippen molar-refractivity contribution in [2.24, 2.45) is 0 Å². The van der Waals surface area contributed by atoms with Crippen LogP contribution in [0.3, 0.4) is 0 Å². The molecule has 8 nitrogen and oxygen atoms in total. The van der Waals surface area contributed by atoms with Gasteiger partial charge in [-0.2, -0.15) is 16.8 Å². The first-order valence-corrected chi connectivity index (χ1v) is 11.6. The second kappa shape index (κ2) is 7.53. The summed E-state index contributed by atoms with van der Waals surface area (Å²) in [5, 5.41) is 1.63. The molecule has 0 saturated carbocycles. The second-order valence-corrected chi connectivity index (χ2v) is 10.3. The minimum absolute atomic E-state index is 0. The second-order valence-electron chi connectivity index (χ2n) is 7.36. The highest BCUT2D eigenvalue weighted by atomic mass is 32.2. The topological polar surface area (TPSA) is 142 Å². The van der Waals surface area contributed by atoms with Crippen molar-refractivity contribution in [1.82, 2.24) is 0 Å². The number of hydrogen-bond acceptors (Lipinski definition) is 5. The summed E-state index contributed by atoms with van der Waals surface area (Å²) in [6, 6.07) is 8.26. The fourth-order valence-electron chi connectivity index (χ4n) is 3.65. The van der Waals surface area contributed by atoms with Gasteiger partial charge in [0.25, 0.3) is 20.2 Å². The Balaban J connectivity index is 0.00000280. The average Bonchev–Trinajstić information content (AvgIpc) is 2.80. The fourth-order valence-corrected chi connectivity index (χ4v) is 4.73. The van der Waals surface area contributed by atoms with Crippen molar-refractivity contribution in [3.05, 3.63) is 35.9 Å². The molecule has 10 heteroatoms. The zero-order chi connectivity index (χ0) is 20.0. The van der Waals surface area contributed by atoms with Gasteiger partial charge in [-0.3, -0.25) is 9.11 Å². The third-order valence-electron chi connectivity index (χ3n) is 4.75. The third kappa shape index (κ3) is 4.58. The molecular weight excluding hydrogens is 406 g/mol. The van der Waals surface area contributed by atoms with Gasteiger partial charge in [0.1, 0.15) is 6.54 Å². The van der Waals surface area contributed by atoms with E-state index in [0.717, 1.165) is 22.0 Å². The largest absolute Gasteiger partial charge is 0.870 e. The molecule has 2 aromatic rings. The Morgan fingerprint density at radius 3 is 2.29 bits per heavy atom. The van der Waals surface area contributed by atoms with E-state index in [4.69, 9.17) is 4.55 Å². The van der Waals surface area contributed by atoms with Crippen LogP contribution in [0.25, 0.3) is 10.8 Å². The molecule has 1 heterocycles. The van der Waals surface area contributed by atoms with Crippen LogP contribution in [0.15, 0.2) is 35.2 Å². The van der Waals surface area contributed by atoms with Crippen molar-refractivity contribution < 1.29 is 36.0 Å². The minimum atomic E-state index is -4.26. The Bertz CT molecular complexity index is 1150. The Morgan fingerprint density at radius 1 is 1.00 bits per heavy atom. The van der Waals surface area contributed by atoms with E-state index in [-0.39, 0.29) is 21.5 Å². The lowest BCUT2D eigenvalue weighted by Crippen LogP contribution is -2.17. The molecule has 0 unspecified atom stereocenters. The summed E-state index contributed by atoms with van der Waals surface area (Å²) in [7, 11) is -8.21. The third-order valence-corrected chi connectivity index (χ3v) is 6.41. The lowest BCUT2D eigenvalue weighted by molar-refractivity contribution is -0.434. The number of fused-ring (bicyclic) bond motifs is 3. The first-order valence-electron chi connectivity index (χ1n) is 8.51. The maximum atomic E-state index is 11.4. The number of benzene rings is 2. The van der Waals surface area contributed by atoms with Crippen LogP contribution < -0.4 is 0 Å². The maximum absolute atomic E-state index is 11.4. The normalized spacial score (nSPS) is 15.8. The van der Waals surface area contributed by atoms with Gasteiger partial charge in [0, 0.05) is 18.1 Å². The van der Waals surface area contributed by atoms with Crippen LogP contribution in [0.5, 0.6) is 0 Å². The van der Waals surface area contributed by atoms with Crippen LogP contribution in [0.4, 0.5) is 5.69 Å². The average molecular weight is 430 g/mol. The fraction of sp³-hybridized carbons (Fsp3) is 0.389. The van der Waals surface area contributed by atoms with Gasteiger partial charge >= 0.3 is 0 Å². The molecule has 2 aromatic carbocycles. The number of unbranched alkanes of at least 4 members (excludes halogenated alkanes) is 1. The molecule has 28 heavy (non-hydrogen) atoms. The lowest BCUT2D eigenvalue weighted by atomic mass is 9.84. The van der Waals surface area contributed by atoms with E-state index in [9.17, 15) is 21.4 Å². The number of nitrogens with zero attached hydrogens (tertiary/aromatic N) is 1. The van der Waals surface area contributed by atoms with Crippen LogP contribution >= 0.6 is 0 Å². The van der Waals surface area contributed by atoms with Crippen molar-refractivity contribution >= 4 is 42.9 Å². The molecule has 0 aromatic heterocycles. The summed E-state index contributed by atoms with van der Waals surface area (Å²) < 4.78 is 64.6. The molecule has 0 radical (unpaired) electrons. The highest BCUT2D eigenvalue weighted by Crippen LogP contribution is 2.41. The monoisotopic (exact) mass is 429 g/mol. The Kier molecular flexibility index (Phi) is 6.03. The van der Waals surface area contributed by atoms with Crippen molar-refractivity contribution in [1.29, 1.82) is 0 Å². The Morgan fingerprint density at radius 2 is 1.68 bits per heavy atom. The zero-order valence-corrected chi connectivity index (χ0v) is 17.2. The first kappa shape index (κ1) is 22.4. The van der Waals surface area contributed by atoms with Gasteiger partial charge in [0.15, 0.2) is 6.21 Å². The van der Waals surface area contributed by atoms with Crippen LogP contribution in [-0.2, 0) is 25.7 Å². The lowest BCUT2D eigenvalue weighted by Gasteiger charge is -2.14. The summed E-state index contributed by atoms with van der Waals surface area (Å²) in [6.07, 6.45) is 3.04. The maximum Gasteiger partial charge on any atom is 0.294 e. The van der Waals surface area contributed by atoms with E-state index in [1.54, 1.807) is 6.07 Å². The van der Waals surface area contributed by atoms with Gasteiger partial charge in [-0.15, -0.1) is 0 Å². The summed E-state index contributed by atoms with van der Waals surface area (Å²) in [5.41, 5.74) is 1.74. The minimum Gasteiger partial charge on any atom is -0.870 e. The number of rotatable bonds is 6. The van der Waals surface area contributed by atoms with Crippen LogP contribution in [-0.4, -0.2) is 54.5 Å². The molecule has 3 rings (SSSR count). The van der Waals surface area contributed by atoms with Gasteiger partial charge in [0.05, 0.1) is 16.1 Å². The smallest absolute Gasteiger partial charge is 0.294 e.